The van der Waals surface area contributed by atoms with E-state index in [1.165, 1.54) is 0 Å². The van der Waals surface area contributed by atoms with Crippen molar-refractivity contribution >= 4 is 16.9 Å². The van der Waals surface area contributed by atoms with E-state index in [1.807, 2.05) is 54.3 Å². The highest BCUT2D eigenvalue weighted by Gasteiger charge is 2.29. The smallest absolute Gasteiger partial charge is 0.303 e. The maximum absolute atomic E-state index is 11.3. The molecule has 0 radical (unpaired) electrons. The van der Waals surface area contributed by atoms with E-state index in [2.05, 4.69) is 21.7 Å². The van der Waals surface area contributed by atoms with Gasteiger partial charge in [0.25, 0.3) is 0 Å². The predicted octanol–water partition coefficient (Wildman–Crippen LogP) is 4.25. The fourth-order valence-electron chi connectivity index (χ4n) is 5.24. The fraction of sp³-hybridized carbons (Fsp3) is 0.448. The first-order chi connectivity index (χ1) is 17.4. The summed E-state index contributed by atoms with van der Waals surface area (Å²) in [6.07, 6.45) is 8.38. The van der Waals surface area contributed by atoms with Gasteiger partial charge < -0.3 is 19.5 Å². The molecule has 36 heavy (non-hydrogen) atoms. The highest BCUT2D eigenvalue weighted by molar-refractivity contribution is 5.83. The zero-order valence-corrected chi connectivity index (χ0v) is 21.1. The van der Waals surface area contributed by atoms with Gasteiger partial charge in [0.05, 0.1) is 25.3 Å². The van der Waals surface area contributed by atoms with Crippen molar-refractivity contribution in [3.05, 3.63) is 60.0 Å². The zero-order chi connectivity index (χ0) is 25.5. The first-order valence-electron chi connectivity index (χ1n) is 12.6. The molecule has 1 unspecified atom stereocenters. The molecule has 7 heteroatoms. The SMILES string of the molecule is COc1ccc2nccc(C(O)CC[C@@H]3CCN(CC#Cc4ccn(C)c4)C[C@@H]3CCC(=O)O)c2c1. The number of piperidine rings is 1. The number of ether oxygens (including phenoxy) is 1. The lowest BCUT2D eigenvalue weighted by Gasteiger charge is -2.38. The van der Waals surface area contributed by atoms with Crippen LogP contribution in [0.15, 0.2) is 48.9 Å². The summed E-state index contributed by atoms with van der Waals surface area (Å²) >= 11 is 0. The maximum Gasteiger partial charge on any atom is 0.303 e. The molecule has 2 N–H and O–H groups in total. The van der Waals surface area contributed by atoms with Gasteiger partial charge in [-0.2, -0.15) is 0 Å². The number of aryl methyl sites for hydroxylation is 1. The molecule has 1 fully saturated rings. The summed E-state index contributed by atoms with van der Waals surface area (Å²) in [7, 11) is 3.61. The molecular formula is C29H35N3O4. The topological polar surface area (TPSA) is 87.8 Å². The first kappa shape index (κ1) is 25.7. The molecule has 3 atom stereocenters. The number of hydrogen-bond acceptors (Lipinski definition) is 5. The predicted molar refractivity (Wildman–Crippen MR) is 140 cm³/mol. The zero-order valence-electron chi connectivity index (χ0n) is 21.1. The second-order valence-corrected chi connectivity index (χ2v) is 9.72. The number of fused-ring (bicyclic) bond motifs is 1. The van der Waals surface area contributed by atoms with E-state index in [1.54, 1.807) is 13.3 Å². The summed E-state index contributed by atoms with van der Waals surface area (Å²) in [6, 6.07) is 9.58. The monoisotopic (exact) mass is 489 g/mol. The van der Waals surface area contributed by atoms with Crippen LogP contribution in [0.5, 0.6) is 5.75 Å². The number of aromatic nitrogens is 2. The number of carboxylic acids is 1. The third-order valence-corrected chi connectivity index (χ3v) is 7.22. The van der Waals surface area contributed by atoms with E-state index in [-0.39, 0.29) is 12.3 Å². The first-order valence-corrected chi connectivity index (χ1v) is 12.6. The van der Waals surface area contributed by atoms with Crippen molar-refractivity contribution in [2.24, 2.45) is 18.9 Å². The molecule has 0 bridgehead atoms. The lowest BCUT2D eigenvalue weighted by molar-refractivity contribution is -0.137. The Balaban J connectivity index is 1.39. The molecule has 2 aromatic heterocycles. The number of aliphatic hydroxyl groups excluding tert-OH is 1. The molecule has 7 nitrogen and oxygen atoms in total. The van der Waals surface area contributed by atoms with Gasteiger partial charge in [0.2, 0.25) is 0 Å². The number of likely N-dealkylation sites (tertiary alicyclic amines) is 1. The van der Waals surface area contributed by atoms with E-state index in [0.717, 1.165) is 53.7 Å². The van der Waals surface area contributed by atoms with Crippen molar-refractivity contribution in [1.29, 1.82) is 0 Å². The number of carbonyl (C=O) groups is 1. The number of nitrogens with zero attached hydrogens (tertiary/aromatic N) is 3. The highest BCUT2D eigenvalue weighted by atomic mass is 16.5. The van der Waals surface area contributed by atoms with E-state index >= 15 is 0 Å². The Bertz CT molecular complexity index is 1240. The van der Waals surface area contributed by atoms with E-state index < -0.39 is 12.1 Å². The van der Waals surface area contributed by atoms with Gasteiger partial charge in [-0.1, -0.05) is 11.8 Å². The van der Waals surface area contributed by atoms with Gasteiger partial charge in [0.1, 0.15) is 5.75 Å². The van der Waals surface area contributed by atoms with Crippen LogP contribution in [0.2, 0.25) is 0 Å². The van der Waals surface area contributed by atoms with Crippen LogP contribution in [0.4, 0.5) is 0 Å². The van der Waals surface area contributed by atoms with E-state index in [4.69, 9.17) is 4.74 Å². The highest BCUT2D eigenvalue weighted by Crippen LogP contribution is 2.35. The van der Waals surface area contributed by atoms with Crippen LogP contribution >= 0.6 is 0 Å². The third-order valence-electron chi connectivity index (χ3n) is 7.22. The Hall–Kier alpha value is -3.34. The normalized spacial score (nSPS) is 19.0. The molecular weight excluding hydrogens is 454 g/mol. The van der Waals surface area contributed by atoms with Crippen LogP contribution in [0.1, 0.15) is 49.3 Å². The minimum atomic E-state index is -0.757. The van der Waals surface area contributed by atoms with Gasteiger partial charge in [-0.25, -0.2) is 0 Å². The number of rotatable bonds is 9. The number of carboxylic acid groups (broad SMARTS) is 1. The standard InChI is InChI=1S/C29H35N3O4/c1-31-16-12-21(19-31)4-3-15-32-17-13-22(23(20-32)6-10-29(34)35)5-9-28(33)25-11-14-30-27-8-7-24(36-2)18-26(25)27/h7-8,11-12,14,16,18-19,22-23,28,33H,5-6,9-10,13,15,17,20H2,1-2H3,(H,34,35)/t22-,23+,28?/m1/s1. The average molecular weight is 490 g/mol. The van der Waals surface area contributed by atoms with Crippen molar-refractivity contribution in [2.45, 2.75) is 38.2 Å². The van der Waals surface area contributed by atoms with Gasteiger partial charge >= 0.3 is 5.97 Å². The summed E-state index contributed by atoms with van der Waals surface area (Å²) < 4.78 is 7.35. The number of benzene rings is 1. The quantitative estimate of drug-likeness (QED) is 0.437. The fourth-order valence-corrected chi connectivity index (χ4v) is 5.24. The molecule has 4 rings (SSSR count). The molecule has 190 valence electrons. The lowest BCUT2D eigenvalue weighted by atomic mass is 9.79. The van der Waals surface area contributed by atoms with Gasteiger partial charge in [0, 0.05) is 49.6 Å². The second kappa shape index (κ2) is 12.1. The molecule has 3 aromatic rings. The number of hydrogen-bond donors (Lipinski definition) is 2. The van der Waals surface area contributed by atoms with Crippen LogP contribution in [0.3, 0.4) is 0 Å². The summed E-state index contributed by atoms with van der Waals surface area (Å²) in [4.78, 5) is 18.0. The molecule has 1 aromatic carbocycles. The van der Waals surface area contributed by atoms with Crippen molar-refractivity contribution < 1.29 is 19.7 Å². The molecule has 1 aliphatic rings. The summed E-state index contributed by atoms with van der Waals surface area (Å²) in [5.41, 5.74) is 2.69. The van der Waals surface area contributed by atoms with Crippen molar-refractivity contribution in [3.8, 4) is 17.6 Å². The summed E-state index contributed by atoms with van der Waals surface area (Å²) in [5, 5.41) is 21.3. The van der Waals surface area contributed by atoms with Crippen molar-refractivity contribution in [1.82, 2.24) is 14.5 Å². The molecule has 0 aliphatic carbocycles. The van der Waals surface area contributed by atoms with E-state index in [9.17, 15) is 15.0 Å². The Labute approximate surface area is 212 Å². The summed E-state index contributed by atoms with van der Waals surface area (Å²) in [6.45, 7) is 2.45. The minimum absolute atomic E-state index is 0.169. The molecule has 0 amide bonds. The van der Waals surface area contributed by atoms with Gasteiger partial charge in [-0.05, 0) is 80.0 Å². The Morgan fingerprint density at radius 3 is 2.86 bits per heavy atom. The van der Waals surface area contributed by atoms with Gasteiger partial charge in [-0.15, -0.1) is 0 Å². The molecule has 0 spiro atoms. The number of pyridine rings is 1. The lowest BCUT2D eigenvalue weighted by Crippen LogP contribution is -2.41. The number of methoxy groups -OCH3 is 1. The molecule has 0 saturated carbocycles. The van der Waals surface area contributed by atoms with Gasteiger partial charge in [0.15, 0.2) is 0 Å². The second-order valence-electron chi connectivity index (χ2n) is 9.72. The number of aliphatic carboxylic acids is 1. The van der Waals surface area contributed by atoms with Crippen LogP contribution in [-0.2, 0) is 11.8 Å². The largest absolute Gasteiger partial charge is 0.497 e. The molecule has 1 aliphatic heterocycles. The molecule has 1 saturated heterocycles. The average Bonchev–Trinajstić information content (AvgIpc) is 3.30. The van der Waals surface area contributed by atoms with E-state index in [0.29, 0.717) is 25.3 Å². The van der Waals surface area contributed by atoms with Crippen LogP contribution in [-0.4, -0.2) is 57.4 Å². The van der Waals surface area contributed by atoms with Crippen LogP contribution in [0.25, 0.3) is 10.9 Å². The third kappa shape index (κ3) is 6.66. The van der Waals surface area contributed by atoms with Crippen LogP contribution in [0, 0.1) is 23.7 Å². The van der Waals surface area contributed by atoms with Crippen molar-refractivity contribution in [3.63, 3.8) is 0 Å². The van der Waals surface area contributed by atoms with Gasteiger partial charge in [-0.3, -0.25) is 14.7 Å². The molecule has 3 heterocycles. The van der Waals surface area contributed by atoms with Crippen molar-refractivity contribution in [2.75, 3.05) is 26.7 Å². The summed E-state index contributed by atoms with van der Waals surface area (Å²) in [5.74, 6) is 7.12. The number of aliphatic hydroxyl groups is 1. The van der Waals surface area contributed by atoms with Crippen LogP contribution < -0.4 is 4.74 Å². The Kier molecular flexibility index (Phi) is 8.63. The minimum Gasteiger partial charge on any atom is -0.497 e. The maximum atomic E-state index is 11.3. The Morgan fingerprint density at radius 1 is 1.25 bits per heavy atom. The Morgan fingerprint density at radius 2 is 2.11 bits per heavy atom.